The number of thiophene rings is 1. The van der Waals surface area contributed by atoms with Crippen molar-refractivity contribution >= 4 is 22.7 Å². The highest BCUT2D eigenvalue weighted by molar-refractivity contribution is 7.15. The van der Waals surface area contributed by atoms with E-state index in [1.165, 1.54) is 41.1 Å². The first-order valence-corrected chi connectivity index (χ1v) is 7.81. The van der Waals surface area contributed by atoms with Gasteiger partial charge in [0.1, 0.15) is 5.01 Å². The molecule has 0 atom stereocenters. The van der Waals surface area contributed by atoms with Gasteiger partial charge in [0, 0.05) is 11.4 Å². The van der Waals surface area contributed by atoms with E-state index in [0.29, 0.717) is 6.54 Å². The molecule has 0 bridgehead atoms. The molecule has 2 N–H and O–H groups in total. The molecule has 2 heterocycles. The predicted molar refractivity (Wildman–Crippen MR) is 74.5 cm³/mol. The first-order chi connectivity index (χ1) is 8.38. The molecule has 1 fully saturated rings. The van der Waals surface area contributed by atoms with Gasteiger partial charge >= 0.3 is 0 Å². The monoisotopic (exact) mass is 264 g/mol. The number of aromatic nitrogens is 1. The van der Waals surface area contributed by atoms with Crippen LogP contribution in [0, 0.1) is 0 Å². The number of nitrogens with zero attached hydrogens (tertiary/aromatic N) is 1. The van der Waals surface area contributed by atoms with Crippen LogP contribution in [-0.2, 0) is 6.54 Å². The van der Waals surface area contributed by atoms with Gasteiger partial charge in [-0.1, -0.05) is 18.9 Å². The number of nitrogens with two attached hydrogens (primary N) is 1. The highest BCUT2D eigenvalue weighted by Crippen LogP contribution is 2.43. The Balaban J connectivity index is 2.03. The minimum atomic E-state index is 0.565. The first-order valence-electron chi connectivity index (χ1n) is 6.12. The van der Waals surface area contributed by atoms with Crippen molar-refractivity contribution in [3.8, 4) is 10.6 Å². The second-order valence-electron chi connectivity index (χ2n) is 4.48. The highest BCUT2D eigenvalue weighted by atomic mass is 32.1. The van der Waals surface area contributed by atoms with Crippen LogP contribution in [0.3, 0.4) is 0 Å². The van der Waals surface area contributed by atoms with Crippen LogP contribution in [0.25, 0.3) is 10.6 Å². The van der Waals surface area contributed by atoms with Crippen molar-refractivity contribution in [1.82, 2.24) is 4.98 Å². The summed E-state index contributed by atoms with van der Waals surface area (Å²) in [5, 5.41) is 3.20. The lowest BCUT2D eigenvalue weighted by Crippen LogP contribution is -1.94. The zero-order valence-electron chi connectivity index (χ0n) is 9.69. The Labute approximate surface area is 110 Å². The maximum atomic E-state index is 5.74. The fraction of sp³-hybridized carbons (Fsp3) is 0.462. The van der Waals surface area contributed by atoms with E-state index in [-0.39, 0.29) is 0 Å². The van der Waals surface area contributed by atoms with Crippen LogP contribution >= 0.6 is 22.7 Å². The van der Waals surface area contributed by atoms with E-state index in [1.807, 2.05) is 11.3 Å². The van der Waals surface area contributed by atoms with Crippen molar-refractivity contribution in [2.75, 3.05) is 0 Å². The lowest BCUT2D eigenvalue weighted by Gasteiger charge is -2.07. The Morgan fingerprint density at radius 3 is 2.82 bits per heavy atom. The van der Waals surface area contributed by atoms with Crippen molar-refractivity contribution in [2.45, 2.75) is 38.1 Å². The third kappa shape index (κ3) is 2.17. The quantitative estimate of drug-likeness (QED) is 0.910. The Bertz CT molecular complexity index is 481. The van der Waals surface area contributed by atoms with Crippen LogP contribution < -0.4 is 5.73 Å². The molecule has 0 saturated heterocycles. The summed E-state index contributed by atoms with van der Waals surface area (Å²) in [4.78, 5) is 7.49. The number of hydrogen-bond acceptors (Lipinski definition) is 4. The topological polar surface area (TPSA) is 38.9 Å². The molecule has 0 radical (unpaired) electrons. The van der Waals surface area contributed by atoms with E-state index in [9.17, 15) is 0 Å². The van der Waals surface area contributed by atoms with Gasteiger partial charge in [-0.15, -0.1) is 22.7 Å². The van der Waals surface area contributed by atoms with Gasteiger partial charge in [-0.2, -0.15) is 0 Å². The average Bonchev–Trinajstić information content (AvgIpc) is 3.09. The van der Waals surface area contributed by atoms with Gasteiger partial charge in [0.2, 0.25) is 0 Å². The van der Waals surface area contributed by atoms with Crippen LogP contribution in [0.2, 0.25) is 0 Å². The largest absolute Gasteiger partial charge is 0.325 e. The van der Waals surface area contributed by atoms with Crippen molar-refractivity contribution in [1.29, 1.82) is 0 Å². The summed E-state index contributed by atoms with van der Waals surface area (Å²) >= 11 is 3.60. The molecule has 1 aliphatic carbocycles. The van der Waals surface area contributed by atoms with Crippen LogP contribution in [0.1, 0.15) is 41.5 Å². The molecule has 0 unspecified atom stereocenters. The first kappa shape index (κ1) is 11.4. The molecule has 3 rings (SSSR count). The van der Waals surface area contributed by atoms with Crippen molar-refractivity contribution in [3.63, 3.8) is 0 Å². The summed E-state index contributed by atoms with van der Waals surface area (Å²) < 4.78 is 0. The second-order valence-corrected chi connectivity index (χ2v) is 6.55. The molecule has 0 amide bonds. The Morgan fingerprint density at radius 2 is 2.18 bits per heavy atom. The van der Waals surface area contributed by atoms with E-state index in [4.69, 9.17) is 10.7 Å². The van der Waals surface area contributed by atoms with E-state index >= 15 is 0 Å². The molecular formula is C13H16N2S2. The summed E-state index contributed by atoms with van der Waals surface area (Å²) in [6.45, 7) is 0.565. The van der Waals surface area contributed by atoms with E-state index in [0.717, 1.165) is 10.9 Å². The maximum Gasteiger partial charge on any atom is 0.107 e. The average molecular weight is 264 g/mol. The Kier molecular flexibility index (Phi) is 3.27. The molecule has 90 valence electrons. The Morgan fingerprint density at radius 1 is 1.35 bits per heavy atom. The molecule has 2 aromatic heterocycles. The molecule has 2 aromatic rings. The summed E-state index contributed by atoms with van der Waals surface area (Å²) in [5.41, 5.74) is 6.94. The zero-order chi connectivity index (χ0) is 11.7. The van der Waals surface area contributed by atoms with Crippen molar-refractivity contribution in [3.05, 3.63) is 27.4 Å². The van der Waals surface area contributed by atoms with Gasteiger partial charge in [-0.05, 0) is 30.2 Å². The molecule has 17 heavy (non-hydrogen) atoms. The van der Waals surface area contributed by atoms with Gasteiger partial charge in [-0.3, -0.25) is 0 Å². The third-order valence-electron chi connectivity index (χ3n) is 3.35. The number of hydrogen-bond donors (Lipinski definition) is 1. The van der Waals surface area contributed by atoms with Crippen molar-refractivity contribution in [2.24, 2.45) is 5.73 Å². The smallest absolute Gasteiger partial charge is 0.107 e. The lowest BCUT2D eigenvalue weighted by molar-refractivity contribution is 0.738. The van der Waals surface area contributed by atoms with Gasteiger partial charge in [-0.25, -0.2) is 4.98 Å². The minimum Gasteiger partial charge on any atom is -0.325 e. The summed E-state index contributed by atoms with van der Waals surface area (Å²) in [6.07, 6.45) is 5.38. The van der Waals surface area contributed by atoms with E-state index in [2.05, 4.69) is 17.5 Å². The van der Waals surface area contributed by atoms with Gasteiger partial charge < -0.3 is 5.73 Å². The van der Waals surface area contributed by atoms with Gasteiger partial charge in [0.25, 0.3) is 0 Å². The van der Waals surface area contributed by atoms with Crippen LogP contribution in [0.5, 0.6) is 0 Å². The molecule has 1 saturated carbocycles. The zero-order valence-corrected chi connectivity index (χ0v) is 11.3. The third-order valence-corrected chi connectivity index (χ3v) is 5.47. The normalized spacial score (nSPS) is 16.8. The summed E-state index contributed by atoms with van der Waals surface area (Å²) in [5.74, 6) is 0.727. The summed E-state index contributed by atoms with van der Waals surface area (Å²) in [6, 6.07) is 4.26. The fourth-order valence-electron chi connectivity index (χ4n) is 2.52. The molecular weight excluding hydrogens is 248 g/mol. The van der Waals surface area contributed by atoms with Crippen LogP contribution in [0.15, 0.2) is 17.5 Å². The number of rotatable bonds is 3. The standard InChI is InChI=1S/C13H16N2S2/c14-8-11-15-12(10-6-3-7-16-10)13(17-11)9-4-1-2-5-9/h3,6-7,9H,1-2,4-5,8,14H2. The molecule has 0 aliphatic heterocycles. The maximum absolute atomic E-state index is 5.74. The Hall–Kier alpha value is -0.710. The second kappa shape index (κ2) is 4.88. The predicted octanol–water partition coefficient (Wildman–Crippen LogP) is 3.99. The fourth-order valence-corrected chi connectivity index (χ4v) is 4.44. The highest BCUT2D eigenvalue weighted by Gasteiger charge is 2.24. The van der Waals surface area contributed by atoms with E-state index in [1.54, 1.807) is 11.3 Å². The molecule has 2 nitrogen and oxygen atoms in total. The molecule has 0 spiro atoms. The van der Waals surface area contributed by atoms with Gasteiger partial charge in [0.05, 0.1) is 10.6 Å². The molecule has 0 aromatic carbocycles. The van der Waals surface area contributed by atoms with Gasteiger partial charge in [0.15, 0.2) is 0 Å². The van der Waals surface area contributed by atoms with E-state index < -0.39 is 0 Å². The molecule has 4 heteroatoms. The summed E-state index contributed by atoms with van der Waals surface area (Å²) in [7, 11) is 0. The number of thiazole rings is 1. The minimum absolute atomic E-state index is 0.565. The SMILES string of the molecule is NCc1nc(-c2cccs2)c(C2CCCC2)s1. The molecule has 1 aliphatic rings. The van der Waals surface area contributed by atoms with Crippen molar-refractivity contribution < 1.29 is 0 Å². The van der Waals surface area contributed by atoms with Crippen LogP contribution in [-0.4, -0.2) is 4.98 Å². The lowest BCUT2D eigenvalue weighted by atomic mass is 10.0. The van der Waals surface area contributed by atoms with Crippen LogP contribution in [0.4, 0.5) is 0 Å².